The molecule has 1 saturated carbocycles. The lowest BCUT2D eigenvalue weighted by Gasteiger charge is -2.18. The lowest BCUT2D eigenvalue weighted by molar-refractivity contribution is -0.123. The van der Waals surface area contributed by atoms with E-state index >= 15 is 0 Å². The van der Waals surface area contributed by atoms with Crippen molar-refractivity contribution in [3.8, 4) is 0 Å². The van der Waals surface area contributed by atoms with Crippen LogP contribution in [0.1, 0.15) is 31.4 Å². The van der Waals surface area contributed by atoms with Crippen molar-refractivity contribution < 1.29 is 9.90 Å². The molecular formula is C14H17Cl2NO2. The van der Waals surface area contributed by atoms with Gasteiger partial charge in [-0.25, -0.2) is 0 Å². The van der Waals surface area contributed by atoms with Gasteiger partial charge < -0.3 is 10.4 Å². The van der Waals surface area contributed by atoms with Gasteiger partial charge in [-0.2, -0.15) is 0 Å². The van der Waals surface area contributed by atoms with Crippen molar-refractivity contribution in [3.63, 3.8) is 0 Å². The summed E-state index contributed by atoms with van der Waals surface area (Å²) in [6, 6.07) is 9.25. The number of hydrogen-bond acceptors (Lipinski definition) is 2. The van der Waals surface area contributed by atoms with Crippen LogP contribution in [0.15, 0.2) is 30.3 Å². The normalized spacial score (nSPS) is 23.5. The summed E-state index contributed by atoms with van der Waals surface area (Å²) in [5.41, 5.74) is 0.846. The minimum absolute atomic E-state index is 0.132. The van der Waals surface area contributed by atoms with Gasteiger partial charge in [-0.1, -0.05) is 30.3 Å². The van der Waals surface area contributed by atoms with Crippen molar-refractivity contribution in [3.05, 3.63) is 35.9 Å². The van der Waals surface area contributed by atoms with E-state index in [0.29, 0.717) is 12.8 Å². The van der Waals surface area contributed by atoms with Crippen LogP contribution in [0.2, 0.25) is 0 Å². The molecule has 0 bridgehead atoms. The van der Waals surface area contributed by atoms with Crippen molar-refractivity contribution in [1.82, 2.24) is 5.32 Å². The summed E-state index contributed by atoms with van der Waals surface area (Å²) >= 11 is 11.7. The molecule has 3 nitrogen and oxygen atoms in total. The Morgan fingerprint density at radius 1 is 1.47 bits per heavy atom. The SMILES string of the molecule is CC(CC(O)c1ccccc1)NC(=O)C1CC1(Cl)Cl. The molecule has 19 heavy (non-hydrogen) atoms. The van der Waals surface area contributed by atoms with Crippen molar-refractivity contribution in [1.29, 1.82) is 0 Å². The topological polar surface area (TPSA) is 49.3 Å². The van der Waals surface area contributed by atoms with Crippen molar-refractivity contribution in [2.45, 2.75) is 36.2 Å². The summed E-state index contributed by atoms with van der Waals surface area (Å²) in [4.78, 5) is 11.8. The fraction of sp³-hybridized carbons (Fsp3) is 0.500. The first kappa shape index (κ1) is 14.6. The minimum Gasteiger partial charge on any atom is -0.388 e. The molecule has 1 aromatic carbocycles. The Labute approximate surface area is 122 Å². The molecule has 1 aromatic rings. The van der Waals surface area contributed by atoms with Crippen LogP contribution in [0.3, 0.4) is 0 Å². The van der Waals surface area contributed by atoms with Gasteiger partial charge >= 0.3 is 0 Å². The fourth-order valence-electron chi connectivity index (χ4n) is 2.05. The second kappa shape index (κ2) is 5.70. The molecule has 1 fully saturated rings. The maximum atomic E-state index is 11.8. The quantitative estimate of drug-likeness (QED) is 0.822. The molecule has 3 atom stereocenters. The number of amides is 1. The van der Waals surface area contributed by atoms with Crippen LogP contribution in [0.25, 0.3) is 0 Å². The zero-order valence-electron chi connectivity index (χ0n) is 10.6. The third-order valence-electron chi connectivity index (χ3n) is 3.29. The molecule has 1 aliphatic rings. The summed E-state index contributed by atoms with van der Waals surface area (Å²) in [6.07, 6.45) is 0.364. The third kappa shape index (κ3) is 3.85. The molecular weight excluding hydrogens is 285 g/mol. The molecule has 5 heteroatoms. The van der Waals surface area contributed by atoms with Gasteiger partial charge in [-0.15, -0.1) is 23.2 Å². The monoisotopic (exact) mass is 301 g/mol. The lowest BCUT2D eigenvalue weighted by atomic mass is 10.0. The van der Waals surface area contributed by atoms with Crippen LogP contribution in [-0.2, 0) is 4.79 Å². The molecule has 1 amide bonds. The predicted octanol–water partition coefficient (Wildman–Crippen LogP) is 2.81. The van der Waals surface area contributed by atoms with Crippen LogP contribution < -0.4 is 5.32 Å². The zero-order chi connectivity index (χ0) is 14.0. The number of nitrogens with one attached hydrogen (secondary N) is 1. The first-order valence-corrected chi connectivity index (χ1v) is 7.07. The summed E-state index contributed by atoms with van der Waals surface area (Å²) in [7, 11) is 0. The standard InChI is InChI=1S/C14H17Cl2NO2/c1-9(17-13(19)11-8-14(11,15)16)7-12(18)10-5-3-2-4-6-10/h2-6,9,11-12,18H,7-8H2,1H3,(H,17,19). The molecule has 0 spiro atoms. The first-order valence-electron chi connectivity index (χ1n) is 6.31. The predicted molar refractivity (Wildman–Crippen MR) is 76.2 cm³/mol. The Hall–Kier alpha value is -0.770. The average Bonchev–Trinajstić information content (AvgIpc) is 2.99. The van der Waals surface area contributed by atoms with Gasteiger partial charge in [-0.3, -0.25) is 4.79 Å². The van der Waals surface area contributed by atoms with Crippen LogP contribution in [0.4, 0.5) is 0 Å². The summed E-state index contributed by atoms with van der Waals surface area (Å²) in [6.45, 7) is 1.86. The zero-order valence-corrected chi connectivity index (χ0v) is 12.2. The summed E-state index contributed by atoms with van der Waals surface area (Å²) in [5.74, 6) is -0.468. The number of hydrogen-bond donors (Lipinski definition) is 2. The largest absolute Gasteiger partial charge is 0.388 e. The number of alkyl halides is 2. The van der Waals surface area contributed by atoms with Crippen molar-refractivity contribution >= 4 is 29.1 Å². The Balaban J connectivity index is 1.81. The van der Waals surface area contributed by atoms with E-state index in [0.717, 1.165) is 5.56 Å². The van der Waals surface area contributed by atoms with E-state index in [1.807, 2.05) is 37.3 Å². The van der Waals surface area contributed by atoms with Gasteiger partial charge in [0.05, 0.1) is 12.0 Å². The molecule has 104 valence electrons. The second-order valence-electron chi connectivity index (χ2n) is 5.09. The summed E-state index contributed by atoms with van der Waals surface area (Å²) < 4.78 is -0.901. The number of halogens is 2. The van der Waals surface area contributed by atoms with E-state index in [9.17, 15) is 9.90 Å². The average molecular weight is 302 g/mol. The van der Waals surface area contributed by atoms with E-state index in [4.69, 9.17) is 23.2 Å². The molecule has 0 aromatic heterocycles. The van der Waals surface area contributed by atoms with Gasteiger partial charge in [0.1, 0.15) is 4.33 Å². The molecule has 3 unspecified atom stereocenters. The minimum atomic E-state index is -0.901. The number of rotatable bonds is 5. The van der Waals surface area contributed by atoms with Gasteiger partial charge in [0.15, 0.2) is 0 Å². The van der Waals surface area contributed by atoms with Gasteiger partial charge in [-0.05, 0) is 25.3 Å². The van der Waals surface area contributed by atoms with E-state index < -0.39 is 10.4 Å². The lowest BCUT2D eigenvalue weighted by Crippen LogP contribution is -2.35. The number of aliphatic hydroxyl groups is 1. The molecule has 0 saturated heterocycles. The Kier molecular flexibility index (Phi) is 4.39. The number of carbonyl (C=O) groups is 1. The van der Waals surface area contributed by atoms with E-state index in [-0.39, 0.29) is 17.9 Å². The van der Waals surface area contributed by atoms with Crippen LogP contribution >= 0.6 is 23.2 Å². The summed E-state index contributed by atoms with van der Waals surface area (Å²) in [5, 5.41) is 12.9. The van der Waals surface area contributed by atoms with E-state index in [2.05, 4.69) is 5.32 Å². The molecule has 2 rings (SSSR count). The molecule has 1 aliphatic carbocycles. The fourth-order valence-corrected chi connectivity index (χ4v) is 2.55. The molecule has 2 N–H and O–H groups in total. The van der Waals surface area contributed by atoms with Crippen LogP contribution in [0.5, 0.6) is 0 Å². The first-order chi connectivity index (χ1) is 8.90. The highest BCUT2D eigenvalue weighted by molar-refractivity contribution is 6.52. The maximum Gasteiger partial charge on any atom is 0.226 e. The smallest absolute Gasteiger partial charge is 0.226 e. The molecule has 0 heterocycles. The van der Waals surface area contributed by atoms with Gasteiger partial charge in [0.25, 0.3) is 0 Å². The number of aliphatic hydroxyl groups excluding tert-OH is 1. The molecule has 0 radical (unpaired) electrons. The highest BCUT2D eigenvalue weighted by atomic mass is 35.5. The van der Waals surface area contributed by atoms with Crippen LogP contribution in [0, 0.1) is 5.92 Å². The van der Waals surface area contributed by atoms with Gasteiger partial charge in [0, 0.05) is 6.04 Å². The Morgan fingerprint density at radius 3 is 2.58 bits per heavy atom. The highest BCUT2D eigenvalue weighted by Gasteiger charge is 2.56. The van der Waals surface area contributed by atoms with E-state index in [1.165, 1.54) is 0 Å². The second-order valence-corrected chi connectivity index (χ2v) is 6.63. The Morgan fingerprint density at radius 2 is 2.05 bits per heavy atom. The van der Waals surface area contributed by atoms with Gasteiger partial charge in [0.2, 0.25) is 5.91 Å². The number of carbonyl (C=O) groups excluding carboxylic acids is 1. The van der Waals surface area contributed by atoms with Crippen molar-refractivity contribution in [2.75, 3.05) is 0 Å². The third-order valence-corrected chi connectivity index (χ3v) is 4.13. The number of benzene rings is 1. The van der Waals surface area contributed by atoms with Crippen LogP contribution in [-0.4, -0.2) is 21.4 Å². The molecule has 0 aliphatic heterocycles. The van der Waals surface area contributed by atoms with Crippen molar-refractivity contribution in [2.24, 2.45) is 5.92 Å². The van der Waals surface area contributed by atoms with E-state index in [1.54, 1.807) is 0 Å². The Bertz CT molecular complexity index is 450. The highest BCUT2D eigenvalue weighted by Crippen LogP contribution is 2.53. The maximum absolute atomic E-state index is 11.8.